The number of hydrogen-bond donors (Lipinski definition) is 1. The van der Waals surface area contributed by atoms with Gasteiger partial charge < -0.3 is 14.9 Å². The number of halogens is 2. The van der Waals surface area contributed by atoms with Crippen molar-refractivity contribution >= 4 is 29.1 Å². The molecule has 34 heavy (non-hydrogen) atoms. The van der Waals surface area contributed by atoms with Crippen molar-refractivity contribution in [2.75, 3.05) is 20.2 Å². The first kappa shape index (κ1) is 24.4. The molecule has 6 nitrogen and oxygen atoms in total. The van der Waals surface area contributed by atoms with Crippen molar-refractivity contribution in [2.45, 2.75) is 39.2 Å². The molecule has 180 valence electrons. The lowest BCUT2D eigenvalue weighted by Crippen LogP contribution is -2.53. The first-order valence-electron chi connectivity index (χ1n) is 11.3. The van der Waals surface area contributed by atoms with Gasteiger partial charge in [0, 0.05) is 23.7 Å². The van der Waals surface area contributed by atoms with Crippen LogP contribution in [0.3, 0.4) is 0 Å². The van der Waals surface area contributed by atoms with Crippen molar-refractivity contribution in [1.29, 1.82) is 0 Å². The van der Waals surface area contributed by atoms with Gasteiger partial charge in [-0.1, -0.05) is 37.6 Å². The molecule has 1 fully saturated rings. The van der Waals surface area contributed by atoms with Gasteiger partial charge in [-0.15, -0.1) is 0 Å². The monoisotopic (exact) mass is 486 g/mol. The molecule has 1 spiro atoms. The normalized spacial score (nSPS) is 18.0. The van der Waals surface area contributed by atoms with E-state index >= 15 is 0 Å². The number of rotatable bonds is 5. The van der Waals surface area contributed by atoms with E-state index in [0.29, 0.717) is 59.0 Å². The molecular formula is C26H28ClFN2O4. The number of amides is 1. The van der Waals surface area contributed by atoms with E-state index in [0.717, 1.165) is 0 Å². The molecule has 2 aliphatic rings. The van der Waals surface area contributed by atoms with E-state index in [9.17, 15) is 14.0 Å². The van der Waals surface area contributed by atoms with Gasteiger partial charge in [0.1, 0.15) is 17.1 Å². The first-order valence-corrected chi connectivity index (χ1v) is 11.7. The number of piperidine rings is 1. The summed E-state index contributed by atoms with van der Waals surface area (Å²) in [5, 5.41) is 5.43. The van der Waals surface area contributed by atoms with Crippen LogP contribution in [0.1, 0.15) is 37.8 Å². The molecule has 1 saturated heterocycles. The SMILES string of the molecule is CON1CCC2(CC1)NC(=O)C(c1cc(-c3ccc(Cl)cc3)c(F)cc1C)=C2OC(=O)C(C)C. The van der Waals surface area contributed by atoms with Gasteiger partial charge in [-0.25, -0.2) is 4.39 Å². The maximum Gasteiger partial charge on any atom is 0.313 e. The fourth-order valence-electron chi connectivity index (χ4n) is 4.49. The lowest BCUT2D eigenvalue weighted by Gasteiger charge is -2.39. The lowest BCUT2D eigenvalue weighted by molar-refractivity contribution is -0.157. The van der Waals surface area contributed by atoms with Crippen LogP contribution in [0, 0.1) is 18.7 Å². The van der Waals surface area contributed by atoms with E-state index in [1.807, 2.05) is 0 Å². The number of hydrogen-bond acceptors (Lipinski definition) is 5. The Hall–Kier alpha value is -2.74. The molecule has 1 amide bonds. The number of nitrogens with one attached hydrogen (secondary N) is 1. The molecule has 0 aromatic heterocycles. The highest BCUT2D eigenvalue weighted by Gasteiger charge is 2.50. The number of carbonyl (C=O) groups is 2. The number of esters is 1. The summed E-state index contributed by atoms with van der Waals surface area (Å²) in [6.45, 7) is 6.35. The summed E-state index contributed by atoms with van der Waals surface area (Å²) in [4.78, 5) is 31.4. The Balaban J connectivity index is 1.87. The number of nitrogens with zero attached hydrogens (tertiary/aromatic N) is 1. The highest BCUT2D eigenvalue weighted by atomic mass is 35.5. The predicted octanol–water partition coefficient (Wildman–Crippen LogP) is 4.89. The van der Waals surface area contributed by atoms with Crippen molar-refractivity contribution in [3.63, 3.8) is 0 Å². The number of hydroxylamine groups is 2. The second kappa shape index (κ2) is 9.49. The quantitative estimate of drug-likeness (QED) is 0.609. The van der Waals surface area contributed by atoms with Crippen molar-refractivity contribution in [1.82, 2.24) is 10.4 Å². The fourth-order valence-corrected chi connectivity index (χ4v) is 4.61. The summed E-state index contributed by atoms with van der Waals surface area (Å²) >= 11 is 6.00. The molecule has 2 aliphatic heterocycles. The lowest BCUT2D eigenvalue weighted by atomic mass is 9.85. The average molecular weight is 487 g/mol. The first-order chi connectivity index (χ1) is 16.1. The van der Waals surface area contributed by atoms with Crippen LogP contribution in [-0.4, -0.2) is 42.7 Å². The molecule has 0 radical (unpaired) electrons. The molecule has 0 atom stereocenters. The van der Waals surface area contributed by atoms with Crippen LogP contribution in [0.25, 0.3) is 16.7 Å². The van der Waals surface area contributed by atoms with E-state index in [1.54, 1.807) is 63.3 Å². The predicted molar refractivity (Wildman–Crippen MR) is 128 cm³/mol. The zero-order valence-electron chi connectivity index (χ0n) is 19.7. The summed E-state index contributed by atoms with van der Waals surface area (Å²) < 4.78 is 20.9. The molecule has 2 aromatic rings. The molecule has 4 rings (SSSR count). The van der Waals surface area contributed by atoms with Crippen molar-refractivity contribution in [3.05, 3.63) is 64.1 Å². The number of benzene rings is 2. The van der Waals surface area contributed by atoms with E-state index in [-0.39, 0.29) is 17.4 Å². The van der Waals surface area contributed by atoms with Crippen molar-refractivity contribution in [3.8, 4) is 11.1 Å². The van der Waals surface area contributed by atoms with Gasteiger partial charge in [-0.2, -0.15) is 5.06 Å². The minimum atomic E-state index is -0.826. The number of carbonyl (C=O) groups excluding carboxylic acids is 2. The van der Waals surface area contributed by atoms with E-state index in [1.165, 1.54) is 6.07 Å². The molecule has 0 aliphatic carbocycles. The molecule has 8 heteroatoms. The topological polar surface area (TPSA) is 67.9 Å². The molecule has 2 aromatic carbocycles. The zero-order chi connectivity index (χ0) is 24.6. The van der Waals surface area contributed by atoms with Gasteiger partial charge in [0.15, 0.2) is 0 Å². The Morgan fingerprint density at radius 3 is 2.38 bits per heavy atom. The summed E-state index contributed by atoms with van der Waals surface area (Å²) in [6.07, 6.45) is 1.03. The smallest absolute Gasteiger partial charge is 0.313 e. The minimum Gasteiger partial charge on any atom is -0.427 e. The van der Waals surface area contributed by atoms with Gasteiger partial charge in [-0.05, 0) is 60.7 Å². The highest BCUT2D eigenvalue weighted by Crippen LogP contribution is 2.43. The third-order valence-corrected chi connectivity index (χ3v) is 6.74. The average Bonchev–Trinajstić information content (AvgIpc) is 3.05. The number of ether oxygens (including phenoxy) is 1. The Kier molecular flexibility index (Phi) is 6.80. The second-order valence-electron chi connectivity index (χ2n) is 9.08. The number of aryl methyl sites for hydroxylation is 1. The van der Waals surface area contributed by atoms with Gasteiger partial charge in [0.2, 0.25) is 0 Å². The van der Waals surface area contributed by atoms with E-state index in [4.69, 9.17) is 21.2 Å². The van der Waals surface area contributed by atoms with Crippen molar-refractivity contribution in [2.24, 2.45) is 5.92 Å². The van der Waals surface area contributed by atoms with Crippen molar-refractivity contribution < 1.29 is 23.6 Å². The standard InChI is InChI=1S/C26H28ClFN2O4/c1-15(2)25(32)34-23-22(24(31)29-26(23)9-11-30(33-4)12-10-26)19-14-20(21(28)13-16(19)3)17-5-7-18(27)8-6-17/h5-8,13-15H,9-12H2,1-4H3,(H,29,31). The second-order valence-corrected chi connectivity index (χ2v) is 9.52. The summed E-state index contributed by atoms with van der Waals surface area (Å²) in [5.74, 6) is -1.24. The van der Waals surface area contributed by atoms with Crippen LogP contribution < -0.4 is 5.32 Å². The Morgan fingerprint density at radius 1 is 1.15 bits per heavy atom. The maximum absolute atomic E-state index is 15.0. The Bertz CT molecular complexity index is 1150. The fraction of sp³-hybridized carbons (Fsp3) is 0.385. The molecule has 0 unspecified atom stereocenters. The van der Waals surface area contributed by atoms with Crippen LogP contribution >= 0.6 is 11.6 Å². The Morgan fingerprint density at radius 2 is 1.79 bits per heavy atom. The van der Waals surface area contributed by atoms with Crippen LogP contribution in [0.2, 0.25) is 5.02 Å². The summed E-state index contributed by atoms with van der Waals surface area (Å²) in [5.41, 5.74) is 1.51. The van der Waals surface area contributed by atoms with Crippen LogP contribution in [0.15, 0.2) is 42.2 Å². The largest absolute Gasteiger partial charge is 0.427 e. The van der Waals surface area contributed by atoms with Gasteiger partial charge in [0.25, 0.3) is 5.91 Å². The highest BCUT2D eigenvalue weighted by molar-refractivity contribution is 6.30. The third-order valence-electron chi connectivity index (χ3n) is 6.49. The van der Waals surface area contributed by atoms with Crippen LogP contribution in [0.5, 0.6) is 0 Å². The molecule has 1 N–H and O–H groups in total. The molecular weight excluding hydrogens is 459 g/mol. The Labute approximate surface area is 203 Å². The van der Waals surface area contributed by atoms with Gasteiger partial charge in [-0.3, -0.25) is 9.59 Å². The molecule has 0 saturated carbocycles. The van der Waals surface area contributed by atoms with Gasteiger partial charge >= 0.3 is 5.97 Å². The van der Waals surface area contributed by atoms with Crippen LogP contribution in [-0.2, 0) is 19.2 Å². The summed E-state index contributed by atoms with van der Waals surface area (Å²) in [6, 6.07) is 9.88. The zero-order valence-corrected chi connectivity index (χ0v) is 20.5. The maximum atomic E-state index is 15.0. The minimum absolute atomic E-state index is 0.271. The van der Waals surface area contributed by atoms with Crippen LogP contribution in [0.4, 0.5) is 4.39 Å². The molecule has 2 heterocycles. The van der Waals surface area contributed by atoms with E-state index in [2.05, 4.69) is 5.32 Å². The third kappa shape index (κ3) is 4.48. The summed E-state index contributed by atoms with van der Waals surface area (Å²) in [7, 11) is 1.60. The van der Waals surface area contributed by atoms with E-state index < -0.39 is 17.3 Å². The molecule has 0 bridgehead atoms. The van der Waals surface area contributed by atoms with Gasteiger partial charge in [0.05, 0.1) is 18.6 Å².